The lowest BCUT2D eigenvalue weighted by Crippen LogP contribution is -2.15. The van der Waals surface area contributed by atoms with E-state index in [0.717, 1.165) is 23.5 Å². The Bertz CT molecular complexity index is 783. The van der Waals surface area contributed by atoms with Gasteiger partial charge in [0.05, 0.1) is 26.7 Å². The molecular weight excluding hydrogens is 328 g/mol. The molecule has 0 aliphatic carbocycles. The predicted molar refractivity (Wildman–Crippen MR) is 100 cm³/mol. The van der Waals surface area contributed by atoms with Gasteiger partial charge >= 0.3 is 0 Å². The maximum Gasteiger partial charge on any atom is 0.132 e. The molecule has 0 saturated carbocycles. The molecular formula is C21H24N2O3. The maximum absolute atomic E-state index is 6.37. The van der Waals surface area contributed by atoms with Crippen LogP contribution in [-0.4, -0.2) is 23.8 Å². The molecule has 0 aliphatic heterocycles. The molecule has 3 rings (SSSR count). The Morgan fingerprint density at radius 2 is 1.54 bits per heavy atom. The van der Waals surface area contributed by atoms with Gasteiger partial charge in [0.2, 0.25) is 0 Å². The summed E-state index contributed by atoms with van der Waals surface area (Å²) >= 11 is 0. The average Bonchev–Trinajstić information content (AvgIpc) is 3.23. The van der Waals surface area contributed by atoms with Crippen LogP contribution in [0.1, 0.15) is 30.4 Å². The number of benzene rings is 2. The summed E-state index contributed by atoms with van der Waals surface area (Å²) in [6.07, 6.45) is 5.97. The van der Waals surface area contributed by atoms with Gasteiger partial charge in [-0.2, -0.15) is 0 Å². The van der Waals surface area contributed by atoms with E-state index in [2.05, 4.69) is 17.1 Å². The number of hydrogen-bond donors (Lipinski definition) is 0. The van der Waals surface area contributed by atoms with Crippen molar-refractivity contribution in [2.75, 3.05) is 14.2 Å². The first-order valence-electron chi connectivity index (χ1n) is 8.59. The van der Waals surface area contributed by atoms with Crippen molar-refractivity contribution in [3.63, 3.8) is 0 Å². The number of hydrogen-bond acceptors (Lipinski definition) is 4. The second-order valence-corrected chi connectivity index (χ2v) is 6.06. The van der Waals surface area contributed by atoms with Gasteiger partial charge in [-0.25, -0.2) is 4.98 Å². The number of aromatic nitrogens is 2. The van der Waals surface area contributed by atoms with Gasteiger partial charge in [0, 0.05) is 18.8 Å². The van der Waals surface area contributed by atoms with Crippen LogP contribution in [0.2, 0.25) is 0 Å². The molecule has 3 aromatic rings. The van der Waals surface area contributed by atoms with Crippen molar-refractivity contribution < 1.29 is 14.2 Å². The maximum atomic E-state index is 6.37. The van der Waals surface area contributed by atoms with Crippen molar-refractivity contribution in [3.8, 4) is 11.5 Å². The van der Waals surface area contributed by atoms with Gasteiger partial charge in [-0.1, -0.05) is 24.3 Å². The average molecular weight is 352 g/mol. The molecule has 26 heavy (non-hydrogen) atoms. The third-order valence-electron chi connectivity index (χ3n) is 4.37. The first kappa shape index (κ1) is 18.0. The number of ether oxygens (including phenoxy) is 3. The van der Waals surface area contributed by atoms with Crippen LogP contribution in [0.25, 0.3) is 0 Å². The Kier molecular flexibility index (Phi) is 5.92. The minimum atomic E-state index is -0.122. The highest BCUT2D eigenvalue weighted by Crippen LogP contribution is 2.29. The summed E-state index contributed by atoms with van der Waals surface area (Å²) in [7, 11) is 3.34. The van der Waals surface area contributed by atoms with E-state index in [0.29, 0.717) is 0 Å². The molecule has 0 amide bonds. The third-order valence-corrected chi connectivity index (χ3v) is 4.37. The van der Waals surface area contributed by atoms with Gasteiger partial charge in [-0.05, 0) is 42.3 Å². The Labute approximate surface area is 154 Å². The van der Waals surface area contributed by atoms with Gasteiger partial charge in [0.15, 0.2) is 0 Å². The lowest BCUT2D eigenvalue weighted by molar-refractivity contribution is -0.0445. The van der Waals surface area contributed by atoms with Crippen molar-refractivity contribution in [1.82, 2.24) is 9.55 Å². The van der Waals surface area contributed by atoms with Crippen LogP contribution >= 0.6 is 0 Å². The monoisotopic (exact) mass is 352 g/mol. The van der Waals surface area contributed by atoms with E-state index in [1.807, 2.05) is 54.1 Å². The van der Waals surface area contributed by atoms with Crippen molar-refractivity contribution in [3.05, 3.63) is 78.4 Å². The van der Waals surface area contributed by atoms with Crippen LogP contribution in [0, 0.1) is 0 Å². The highest BCUT2D eigenvalue weighted by Gasteiger charge is 2.17. The Balaban J connectivity index is 1.81. The molecule has 0 bridgehead atoms. The van der Waals surface area contributed by atoms with E-state index in [-0.39, 0.29) is 12.3 Å². The molecule has 0 fully saturated rings. The Morgan fingerprint density at radius 1 is 0.923 bits per heavy atom. The van der Waals surface area contributed by atoms with Gasteiger partial charge in [0.1, 0.15) is 17.7 Å². The van der Waals surface area contributed by atoms with Crippen LogP contribution < -0.4 is 9.47 Å². The molecule has 136 valence electrons. The largest absolute Gasteiger partial charge is 0.497 e. The number of rotatable bonds is 8. The zero-order valence-electron chi connectivity index (χ0n) is 15.3. The summed E-state index contributed by atoms with van der Waals surface area (Å²) in [6.45, 7) is 2.02. The highest BCUT2D eigenvalue weighted by molar-refractivity contribution is 5.31. The summed E-state index contributed by atoms with van der Waals surface area (Å²) in [5.74, 6) is 1.68. The molecule has 2 aromatic carbocycles. The molecule has 2 atom stereocenters. The van der Waals surface area contributed by atoms with Gasteiger partial charge in [0.25, 0.3) is 0 Å². The highest BCUT2D eigenvalue weighted by atomic mass is 16.5. The molecule has 0 unspecified atom stereocenters. The van der Waals surface area contributed by atoms with E-state index in [1.165, 1.54) is 5.56 Å². The molecule has 5 heteroatoms. The van der Waals surface area contributed by atoms with Crippen LogP contribution in [0.3, 0.4) is 0 Å². The smallest absolute Gasteiger partial charge is 0.132 e. The molecule has 0 saturated heterocycles. The van der Waals surface area contributed by atoms with Gasteiger partial charge < -0.3 is 18.8 Å². The first-order valence-corrected chi connectivity index (χ1v) is 8.59. The Hall–Kier alpha value is -2.79. The second kappa shape index (κ2) is 8.54. The lowest BCUT2D eigenvalue weighted by Gasteiger charge is -2.24. The number of nitrogens with zero attached hydrogens (tertiary/aromatic N) is 2. The number of imidazole rings is 1. The van der Waals surface area contributed by atoms with Crippen LogP contribution in [0.5, 0.6) is 11.5 Å². The van der Waals surface area contributed by atoms with Crippen molar-refractivity contribution in [2.24, 2.45) is 0 Å². The molecule has 0 N–H and O–H groups in total. The topological polar surface area (TPSA) is 45.5 Å². The normalized spacial score (nSPS) is 13.2. The van der Waals surface area contributed by atoms with Crippen LogP contribution in [0.15, 0.2) is 67.3 Å². The van der Waals surface area contributed by atoms with Gasteiger partial charge in [-0.3, -0.25) is 0 Å². The van der Waals surface area contributed by atoms with Crippen molar-refractivity contribution >= 4 is 0 Å². The fraction of sp³-hybridized carbons (Fsp3) is 0.286. The standard InChI is InChI=1S/C21H24N2O3/c1-16(23-13-12-22-15-23)26-21(18-6-10-20(25-3)11-7-18)14-17-4-8-19(24-2)9-5-17/h4-13,15-16,21H,14H2,1-3H3/t16-,21+/m0/s1. The number of methoxy groups -OCH3 is 2. The molecule has 0 spiro atoms. The van der Waals surface area contributed by atoms with E-state index in [9.17, 15) is 0 Å². The zero-order valence-corrected chi connectivity index (χ0v) is 15.3. The minimum absolute atomic E-state index is 0.0910. The van der Waals surface area contributed by atoms with E-state index in [4.69, 9.17) is 14.2 Å². The quantitative estimate of drug-likeness (QED) is 0.602. The summed E-state index contributed by atoms with van der Waals surface area (Å²) < 4.78 is 18.8. The van der Waals surface area contributed by atoms with E-state index >= 15 is 0 Å². The molecule has 5 nitrogen and oxygen atoms in total. The Morgan fingerprint density at radius 3 is 2.08 bits per heavy atom. The van der Waals surface area contributed by atoms with E-state index < -0.39 is 0 Å². The zero-order chi connectivity index (χ0) is 18.4. The molecule has 1 heterocycles. The molecule has 0 aliphatic rings. The van der Waals surface area contributed by atoms with Crippen molar-refractivity contribution in [2.45, 2.75) is 25.7 Å². The van der Waals surface area contributed by atoms with Crippen LogP contribution in [0.4, 0.5) is 0 Å². The third kappa shape index (κ3) is 4.43. The summed E-state index contributed by atoms with van der Waals surface area (Å²) in [4.78, 5) is 4.10. The molecule has 0 radical (unpaired) electrons. The summed E-state index contributed by atoms with van der Waals surface area (Å²) in [6, 6.07) is 16.1. The summed E-state index contributed by atoms with van der Waals surface area (Å²) in [5.41, 5.74) is 2.29. The minimum Gasteiger partial charge on any atom is -0.497 e. The fourth-order valence-electron chi connectivity index (χ4n) is 2.83. The van der Waals surface area contributed by atoms with Crippen molar-refractivity contribution in [1.29, 1.82) is 0 Å². The van der Waals surface area contributed by atoms with Gasteiger partial charge in [-0.15, -0.1) is 0 Å². The fourth-order valence-corrected chi connectivity index (χ4v) is 2.83. The SMILES string of the molecule is COc1ccc(C[C@@H](O[C@@H](C)n2ccnc2)c2ccc(OC)cc2)cc1. The lowest BCUT2D eigenvalue weighted by atomic mass is 10.0. The van der Waals surface area contributed by atoms with Crippen LogP contribution in [-0.2, 0) is 11.2 Å². The summed E-state index contributed by atoms with van der Waals surface area (Å²) in [5, 5.41) is 0. The first-order chi connectivity index (χ1) is 12.7. The predicted octanol–water partition coefficient (Wildman–Crippen LogP) is 4.42. The second-order valence-electron chi connectivity index (χ2n) is 6.06. The van der Waals surface area contributed by atoms with E-state index in [1.54, 1.807) is 26.7 Å². The molecule has 1 aromatic heterocycles.